The summed E-state index contributed by atoms with van der Waals surface area (Å²) < 4.78 is 0. The normalized spacial score (nSPS) is 23.9. The summed E-state index contributed by atoms with van der Waals surface area (Å²) in [5, 5.41) is 2.96. The highest BCUT2D eigenvalue weighted by molar-refractivity contribution is 5.81. The van der Waals surface area contributed by atoms with Crippen LogP contribution in [0.15, 0.2) is 0 Å². The maximum absolute atomic E-state index is 11.8. The van der Waals surface area contributed by atoms with Crippen molar-refractivity contribution in [2.24, 2.45) is 11.7 Å². The summed E-state index contributed by atoms with van der Waals surface area (Å²) >= 11 is 0. The van der Waals surface area contributed by atoms with Crippen LogP contribution in [0.5, 0.6) is 0 Å². The molecule has 1 aliphatic heterocycles. The number of nitrogens with zero attached hydrogens (tertiary/aromatic N) is 1. The molecular formula is C15H31N3O. The van der Waals surface area contributed by atoms with E-state index in [1.54, 1.807) is 0 Å². The number of piperidine rings is 1. The third-order valence-corrected chi connectivity index (χ3v) is 4.42. The smallest absolute Gasteiger partial charge is 0.237 e. The van der Waals surface area contributed by atoms with Gasteiger partial charge in [-0.15, -0.1) is 0 Å². The SMILES string of the molecule is CCC(C)[C@H](N)C(=O)NCCCN1CCCCC1C. The zero-order valence-electron chi connectivity index (χ0n) is 12.8. The van der Waals surface area contributed by atoms with Crippen LogP contribution < -0.4 is 11.1 Å². The van der Waals surface area contributed by atoms with Gasteiger partial charge in [0.1, 0.15) is 0 Å². The number of amides is 1. The summed E-state index contributed by atoms with van der Waals surface area (Å²) in [4.78, 5) is 14.3. The highest BCUT2D eigenvalue weighted by Crippen LogP contribution is 2.16. The van der Waals surface area contributed by atoms with Crippen molar-refractivity contribution in [2.75, 3.05) is 19.6 Å². The molecule has 19 heavy (non-hydrogen) atoms. The van der Waals surface area contributed by atoms with Crippen molar-refractivity contribution in [1.82, 2.24) is 10.2 Å². The Morgan fingerprint density at radius 3 is 2.84 bits per heavy atom. The van der Waals surface area contributed by atoms with Crippen molar-refractivity contribution in [2.45, 2.75) is 65.0 Å². The number of hydrogen-bond acceptors (Lipinski definition) is 3. The van der Waals surface area contributed by atoms with E-state index in [1.165, 1.54) is 25.8 Å². The van der Waals surface area contributed by atoms with Gasteiger partial charge in [0, 0.05) is 19.1 Å². The number of hydrogen-bond donors (Lipinski definition) is 2. The molecule has 0 bridgehead atoms. The fourth-order valence-corrected chi connectivity index (χ4v) is 2.61. The maximum Gasteiger partial charge on any atom is 0.237 e. The van der Waals surface area contributed by atoms with Crippen LogP contribution in [-0.4, -0.2) is 42.5 Å². The second-order valence-electron chi connectivity index (χ2n) is 5.94. The molecule has 3 atom stereocenters. The number of nitrogens with two attached hydrogens (primary N) is 1. The number of carbonyl (C=O) groups is 1. The fourth-order valence-electron chi connectivity index (χ4n) is 2.61. The van der Waals surface area contributed by atoms with Crippen molar-refractivity contribution in [3.8, 4) is 0 Å². The van der Waals surface area contributed by atoms with E-state index in [0.717, 1.165) is 25.9 Å². The van der Waals surface area contributed by atoms with Gasteiger partial charge >= 0.3 is 0 Å². The number of likely N-dealkylation sites (tertiary alicyclic amines) is 1. The second-order valence-corrected chi connectivity index (χ2v) is 5.94. The molecule has 1 amide bonds. The Morgan fingerprint density at radius 1 is 1.47 bits per heavy atom. The molecule has 4 heteroatoms. The first-order chi connectivity index (χ1) is 9.06. The molecule has 2 unspecified atom stereocenters. The van der Waals surface area contributed by atoms with Crippen LogP contribution in [0, 0.1) is 5.92 Å². The highest BCUT2D eigenvalue weighted by Gasteiger charge is 2.20. The van der Waals surface area contributed by atoms with E-state index >= 15 is 0 Å². The summed E-state index contributed by atoms with van der Waals surface area (Å²) in [5.41, 5.74) is 5.90. The highest BCUT2D eigenvalue weighted by atomic mass is 16.2. The van der Waals surface area contributed by atoms with Crippen molar-refractivity contribution < 1.29 is 4.79 Å². The van der Waals surface area contributed by atoms with Gasteiger partial charge in [0.25, 0.3) is 0 Å². The molecule has 0 radical (unpaired) electrons. The third-order valence-electron chi connectivity index (χ3n) is 4.42. The van der Waals surface area contributed by atoms with E-state index in [2.05, 4.69) is 24.1 Å². The minimum Gasteiger partial charge on any atom is -0.355 e. The molecule has 1 heterocycles. The summed E-state index contributed by atoms with van der Waals surface area (Å²) in [7, 11) is 0. The molecule has 1 saturated heterocycles. The van der Waals surface area contributed by atoms with Crippen molar-refractivity contribution in [3.05, 3.63) is 0 Å². The lowest BCUT2D eigenvalue weighted by molar-refractivity contribution is -0.123. The molecule has 1 aliphatic rings. The summed E-state index contributed by atoms with van der Waals surface area (Å²) in [6.45, 7) is 9.43. The van der Waals surface area contributed by atoms with Crippen LogP contribution in [0.2, 0.25) is 0 Å². The summed E-state index contributed by atoms with van der Waals surface area (Å²) in [5.74, 6) is 0.253. The Hall–Kier alpha value is -0.610. The second kappa shape index (κ2) is 8.54. The predicted octanol–water partition coefficient (Wildman–Crippen LogP) is 1.74. The van der Waals surface area contributed by atoms with Gasteiger partial charge in [-0.05, 0) is 38.6 Å². The lowest BCUT2D eigenvalue weighted by Crippen LogP contribution is -2.45. The number of carbonyl (C=O) groups excluding carboxylic acids is 1. The van der Waals surface area contributed by atoms with E-state index in [1.807, 2.05) is 6.92 Å². The van der Waals surface area contributed by atoms with E-state index in [0.29, 0.717) is 6.04 Å². The van der Waals surface area contributed by atoms with E-state index < -0.39 is 0 Å². The minimum atomic E-state index is -0.362. The Kier molecular flexibility index (Phi) is 7.39. The molecule has 0 aromatic heterocycles. The zero-order chi connectivity index (χ0) is 14.3. The number of rotatable bonds is 7. The topological polar surface area (TPSA) is 58.4 Å². The molecule has 0 aromatic rings. The first kappa shape index (κ1) is 16.4. The van der Waals surface area contributed by atoms with Crippen LogP contribution in [-0.2, 0) is 4.79 Å². The molecule has 0 aromatic carbocycles. The van der Waals surface area contributed by atoms with Crippen LogP contribution in [0.4, 0.5) is 0 Å². The molecular weight excluding hydrogens is 238 g/mol. The Balaban J connectivity index is 2.14. The van der Waals surface area contributed by atoms with E-state index in [4.69, 9.17) is 5.73 Å². The summed E-state index contributed by atoms with van der Waals surface area (Å²) in [6.07, 6.45) is 5.95. The van der Waals surface area contributed by atoms with Gasteiger partial charge < -0.3 is 16.0 Å². The molecule has 0 spiro atoms. The Labute approximate surface area is 118 Å². The first-order valence-corrected chi connectivity index (χ1v) is 7.83. The van der Waals surface area contributed by atoms with Gasteiger partial charge in [0.2, 0.25) is 5.91 Å². The van der Waals surface area contributed by atoms with Crippen LogP contribution in [0.3, 0.4) is 0 Å². The lowest BCUT2D eigenvalue weighted by Gasteiger charge is -2.33. The van der Waals surface area contributed by atoms with Gasteiger partial charge in [-0.25, -0.2) is 0 Å². The first-order valence-electron chi connectivity index (χ1n) is 7.83. The van der Waals surface area contributed by atoms with Gasteiger partial charge in [0.15, 0.2) is 0 Å². The summed E-state index contributed by atoms with van der Waals surface area (Å²) in [6, 6.07) is 0.339. The van der Waals surface area contributed by atoms with E-state index in [9.17, 15) is 4.79 Å². The molecule has 3 N–H and O–H groups in total. The average molecular weight is 269 g/mol. The van der Waals surface area contributed by atoms with E-state index in [-0.39, 0.29) is 17.9 Å². The molecule has 4 nitrogen and oxygen atoms in total. The average Bonchev–Trinajstić information content (AvgIpc) is 2.43. The largest absolute Gasteiger partial charge is 0.355 e. The van der Waals surface area contributed by atoms with Gasteiger partial charge in [0.05, 0.1) is 6.04 Å². The van der Waals surface area contributed by atoms with Crippen LogP contribution in [0.1, 0.15) is 52.9 Å². The number of nitrogens with one attached hydrogen (secondary N) is 1. The fraction of sp³-hybridized carbons (Fsp3) is 0.933. The maximum atomic E-state index is 11.8. The quantitative estimate of drug-likeness (QED) is 0.692. The molecule has 112 valence electrons. The molecule has 1 rings (SSSR count). The molecule has 0 saturated carbocycles. The van der Waals surface area contributed by atoms with Crippen LogP contribution >= 0.6 is 0 Å². The minimum absolute atomic E-state index is 0.000965. The molecule has 1 fully saturated rings. The Morgan fingerprint density at radius 2 is 2.21 bits per heavy atom. The standard InChI is InChI=1S/C15H31N3O/c1-4-12(2)14(16)15(19)17-9-7-11-18-10-6-5-8-13(18)3/h12-14H,4-11,16H2,1-3H3,(H,17,19)/t12?,13?,14-/m0/s1. The van der Waals surface area contributed by atoms with Gasteiger partial charge in [-0.1, -0.05) is 26.7 Å². The molecule has 0 aliphatic carbocycles. The Bertz CT molecular complexity index is 270. The monoisotopic (exact) mass is 269 g/mol. The zero-order valence-corrected chi connectivity index (χ0v) is 12.8. The van der Waals surface area contributed by atoms with Crippen molar-refractivity contribution in [3.63, 3.8) is 0 Å². The van der Waals surface area contributed by atoms with Crippen molar-refractivity contribution in [1.29, 1.82) is 0 Å². The van der Waals surface area contributed by atoms with Crippen molar-refractivity contribution >= 4 is 5.91 Å². The van der Waals surface area contributed by atoms with Crippen LogP contribution in [0.25, 0.3) is 0 Å². The van der Waals surface area contributed by atoms with Gasteiger partial charge in [-0.2, -0.15) is 0 Å². The van der Waals surface area contributed by atoms with Gasteiger partial charge in [-0.3, -0.25) is 4.79 Å². The third kappa shape index (κ3) is 5.49. The predicted molar refractivity (Wildman–Crippen MR) is 79.9 cm³/mol. The lowest BCUT2D eigenvalue weighted by atomic mass is 9.99.